The first-order valence-corrected chi connectivity index (χ1v) is 11.3. The average Bonchev–Trinajstić information content (AvgIpc) is 3.40. The fourth-order valence-corrected chi connectivity index (χ4v) is 3.38. The number of carbonyl (C=O) groups is 2. The van der Waals surface area contributed by atoms with E-state index < -0.39 is 18.6 Å². The van der Waals surface area contributed by atoms with Gasteiger partial charge in [-0.3, -0.25) is 9.59 Å². The maximum Gasteiger partial charge on any atom is 0.405 e. The van der Waals surface area contributed by atoms with Gasteiger partial charge in [0.15, 0.2) is 0 Å². The number of nitrogens with one attached hydrogen (secondary N) is 3. The number of halogens is 3. The molecule has 0 fully saturated rings. The molecule has 6 nitrogen and oxygen atoms in total. The molecule has 0 bridgehead atoms. The Morgan fingerprint density at radius 2 is 2.00 bits per heavy atom. The van der Waals surface area contributed by atoms with Crippen molar-refractivity contribution in [2.45, 2.75) is 40.3 Å². The second-order valence-corrected chi connectivity index (χ2v) is 7.95. The van der Waals surface area contributed by atoms with Gasteiger partial charge in [0, 0.05) is 34.6 Å². The number of allylic oxidation sites excluding steroid dienone is 3. The first kappa shape index (κ1) is 28.6. The summed E-state index contributed by atoms with van der Waals surface area (Å²) in [6.07, 6.45) is 6.64. The average molecular weight is 495 g/mol. The summed E-state index contributed by atoms with van der Waals surface area (Å²) >= 11 is 1.32. The molecule has 2 amide bonds. The molecule has 0 unspecified atom stereocenters. The summed E-state index contributed by atoms with van der Waals surface area (Å²) in [6, 6.07) is 0. The lowest BCUT2D eigenvalue weighted by Gasteiger charge is -2.09. The fourth-order valence-electron chi connectivity index (χ4n) is 2.58. The highest BCUT2D eigenvalue weighted by molar-refractivity contribution is 7.11. The van der Waals surface area contributed by atoms with E-state index in [1.807, 2.05) is 30.7 Å². The van der Waals surface area contributed by atoms with Crippen molar-refractivity contribution in [3.05, 3.63) is 64.4 Å². The molecule has 0 saturated heterocycles. The summed E-state index contributed by atoms with van der Waals surface area (Å²) in [5.41, 5.74) is 3.92. The van der Waals surface area contributed by atoms with Gasteiger partial charge < -0.3 is 15.6 Å². The minimum atomic E-state index is -4.55. The molecule has 184 valence electrons. The zero-order valence-corrected chi connectivity index (χ0v) is 20.4. The quantitative estimate of drug-likeness (QED) is 0.235. The van der Waals surface area contributed by atoms with E-state index in [-0.39, 0.29) is 5.57 Å². The third kappa shape index (κ3) is 9.22. The molecule has 2 rings (SSSR count). The van der Waals surface area contributed by atoms with E-state index in [9.17, 15) is 22.8 Å². The predicted octanol–water partition coefficient (Wildman–Crippen LogP) is 5.77. The van der Waals surface area contributed by atoms with Gasteiger partial charge >= 0.3 is 6.18 Å². The second-order valence-electron chi connectivity index (χ2n) is 7.09. The highest BCUT2D eigenvalue weighted by Crippen LogP contribution is 2.31. The van der Waals surface area contributed by atoms with Gasteiger partial charge in [0.25, 0.3) is 5.91 Å². The number of carbonyl (C=O) groups excluding carboxylic acids is 2. The van der Waals surface area contributed by atoms with Crippen molar-refractivity contribution in [3.8, 4) is 11.3 Å². The molecule has 2 aromatic heterocycles. The van der Waals surface area contributed by atoms with Gasteiger partial charge in [-0.2, -0.15) is 13.2 Å². The summed E-state index contributed by atoms with van der Waals surface area (Å²) in [6.45, 7) is 10.0. The zero-order chi connectivity index (χ0) is 25.7. The number of aromatic amines is 1. The van der Waals surface area contributed by atoms with Crippen LogP contribution in [0.1, 0.15) is 43.5 Å². The molecule has 0 aliphatic heterocycles. The molecule has 0 saturated carbocycles. The molecular formula is C24H29F3N4O2S. The SMILES string of the molecule is C=C/C=C\c1c(-c2csc(/C(C)=C/C(=C\NC=O)C(=O)NCC(F)(F)F)n2)c[nH]c1C.CCC. The Bertz CT molecular complexity index is 1060. The predicted molar refractivity (Wildman–Crippen MR) is 132 cm³/mol. The number of thiazole rings is 1. The van der Waals surface area contributed by atoms with E-state index >= 15 is 0 Å². The molecule has 10 heteroatoms. The van der Waals surface area contributed by atoms with E-state index in [1.54, 1.807) is 18.3 Å². The molecular weight excluding hydrogens is 465 g/mol. The number of hydrogen-bond donors (Lipinski definition) is 3. The van der Waals surface area contributed by atoms with E-state index in [0.717, 1.165) is 23.0 Å². The molecule has 2 aromatic rings. The van der Waals surface area contributed by atoms with Gasteiger partial charge in [0.05, 0.1) is 11.3 Å². The van der Waals surface area contributed by atoms with E-state index in [2.05, 4.69) is 35.7 Å². The van der Waals surface area contributed by atoms with Crippen LogP contribution >= 0.6 is 11.3 Å². The summed E-state index contributed by atoms with van der Waals surface area (Å²) in [7, 11) is 0. The van der Waals surface area contributed by atoms with E-state index in [4.69, 9.17) is 0 Å². The Hall–Kier alpha value is -3.40. The van der Waals surface area contributed by atoms with Crippen molar-refractivity contribution in [2.24, 2.45) is 0 Å². The molecule has 0 aliphatic rings. The van der Waals surface area contributed by atoms with Crippen molar-refractivity contribution in [2.75, 3.05) is 6.54 Å². The van der Waals surface area contributed by atoms with Crippen LogP contribution in [-0.2, 0) is 9.59 Å². The first-order valence-electron chi connectivity index (χ1n) is 10.4. The summed E-state index contributed by atoms with van der Waals surface area (Å²) < 4.78 is 37.2. The topological polar surface area (TPSA) is 86.9 Å². The van der Waals surface area contributed by atoms with Crippen LogP contribution in [-0.4, -0.2) is 35.0 Å². The minimum absolute atomic E-state index is 0.141. The zero-order valence-electron chi connectivity index (χ0n) is 19.5. The minimum Gasteiger partial charge on any atom is -0.364 e. The van der Waals surface area contributed by atoms with Crippen LogP contribution in [0, 0.1) is 6.92 Å². The summed E-state index contributed by atoms with van der Waals surface area (Å²) in [5.74, 6) is -0.971. The third-order valence-electron chi connectivity index (χ3n) is 4.03. The molecule has 3 N–H and O–H groups in total. The smallest absolute Gasteiger partial charge is 0.364 e. The van der Waals surface area contributed by atoms with Crippen LogP contribution in [0.25, 0.3) is 22.9 Å². The van der Waals surface area contributed by atoms with Gasteiger partial charge in [-0.1, -0.05) is 45.1 Å². The van der Waals surface area contributed by atoms with Crippen LogP contribution in [0.5, 0.6) is 0 Å². The second kappa shape index (κ2) is 14.0. The lowest BCUT2D eigenvalue weighted by Crippen LogP contribution is -2.34. The van der Waals surface area contributed by atoms with Crippen molar-refractivity contribution >= 4 is 35.3 Å². The van der Waals surface area contributed by atoms with Gasteiger partial charge in [-0.15, -0.1) is 11.3 Å². The third-order valence-corrected chi connectivity index (χ3v) is 5.01. The monoisotopic (exact) mass is 494 g/mol. The maximum absolute atomic E-state index is 12.4. The number of amides is 2. The van der Waals surface area contributed by atoms with Crippen LogP contribution in [0.3, 0.4) is 0 Å². The lowest BCUT2D eigenvalue weighted by atomic mass is 10.1. The molecule has 0 aromatic carbocycles. The van der Waals surface area contributed by atoms with Crippen molar-refractivity contribution in [1.82, 2.24) is 20.6 Å². The number of H-pyrrole nitrogens is 1. The normalized spacial score (nSPS) is 12.2. The van der Waals surface area contributed by atoms with Crippen LogP contribution in [0.15, 0.2) is 48.2 Å². The van der Waals surface area contributed by atoms with Crippen LogP contribution < -0.4 is 10.6 Å². The maximum atomic E-state index is 12.4. The molecule has 0 aliphatic carbocycles. The van der Waals surface area contributed by atoms with Crippen LogP contribution in [0.2, 0.25) is 0 Å². The molecule has 0 atom stereocenters. The highest BCUT2D eigenvalue weighted by atomic mass is 32.1. The number of hydrogen-bond acceptors (Lipinski definition) is 4. The highest BCUT2D eigenvalue weighted by Gasteiger charge is 2.28. The van der Waals surface area contributed by atoms with Crippen molar-refractivity contribution in [1.29, 1.82) is 0 Å². The molecule has 0 radical (unpaired) electrons. The Balaban J connectivity index is 0.00000182. The van der Waals surface area contributed by atoms with Crippen molar-refractivity contribution in [3.63, 3.8) is 0 Å². The standard InChI is InChI=1S/C21H21F3N4O2S.C3H8/c1-4-5-6-16-14(3)26-9-17(16)18-10-31-20(28-18)13(2)7-15(8-25-12-29)19(30)27-11-21(22,23)24;1-3-2/h4-10,12,26H,1,11H2,2-3H3,(H,25,29)(H,27,30);3H2,1-2H3/b6-5-,13-7+,15-8+;. The fraction of sp³-hybridized carbons (Fsp3) is 0.292. The van der Waals surface area contributed by atoms with Crippen molar-refractivity contribution < 1.29 is 22.8 Å². The number of alkyl halides is 3. The Labute approximate surface area is 201 Å². The van der Waals surface area contributed by atoms with Gasteiger partial charge in [0.2, 0.25) is 6.41 Å². The molecule has 34 heavy (non-hydrogen) atoms. The van der Waals surface area contributed by atoms with E-state index in [0.29, 0.717) is 22.7 Å². The molecule has 2 heterocycles. The summed E-state index contributed by atoms with van der Waals surface area (Å²) in [4.78, 5) is 30.4. The molecule has 0 spiro atoms. The first-order chi connectivity index (χ1) is 16.1. The van der Waals surface area contributed by atoms with Gasteiger partial charge in [-0.05, 0) is 25.5 Å². The Kier molecular flexibility index (Phi) is 11.8. The largest absolute Gasteiger partial charge is 0.405 e. The Morgan fingerprint density at radius 3 is 2.59 bits per heavy atom. The Morgan fingerprint density at radius 1 is 1.32 bits per heavy atom. The number of aryl methyl sites for hydroxylation is 1. The lowest BCUT2D eigenvalue weighted by molar-refractivity contribution is -0.136. The van der Waals surface area contributed by atoms with Gasteiger partial charge in [0.1, 0.15) is 11.6 Å². The van der Waals surface area contributed by atoms with E-state index in [1.165, 1.54) is 23.8 Å². The number of nitrogens with zero attached hydrogens (tertiary/aromatic N) is 1. The van der Waals surface area contributed by atoms with Crippen LogP contribution in [0.4, 0.5) is 13.2 Å². The number of rotatable bonds is 9. The summed E-state index contributed by atoms with van der Waals surface area (Å²) in [5, 5.41) is 6.38. The van der Waals surface area contributed by atoms with Gasteiger partial charge in [-0.25, -0.2) is 4.98 Å². The number of aromatic nitrogens is 2.